The molecule has 1 aromatic rings. The lowest BCUT2D eigenvalue weighted by atomic mass is 9.73. The van der Waals surface area contributed by atoms with Crippen LogP contribution in [-0.4, -0.2) is 47.2 Å². The Morgan fingerprint density at radius 1 is 1.35 bits per heavy atom. The fourth-order valence-corrected chi connectivity index (χ4v) is 5.34. The Kier molecular flexibility index (Phi) is 3.92. The van der Waals surface area contributed by atoms with Gasteiger partial charge in [-0.25, -0.2) is 9.97 Å². The Morgan fingerprint density at radius 3 is 2.85 bits per heavy atom. The first kappa shape index (κ1) is 16.5. The molecular weight excluding hydrogens is 328 g/mol. The highest BCUT2D eigenvalue weighted by Crippen LogP contribution is 2.55. The van der Waals surface area contributed by atoms with Crippen LogP contribution in [0.25, 0.3) is 0 Å². The molecule has 26 heavy (non-hydrogen) atoms. The molecule has 4 fully saturated rings. The van der Waals surface area contributed by atoms with Crippen LogP contribution < -0.4 is 10.2 Å². The molecule has 2 bridgehead atoms. The van der Waals surface area contributed by atoms with Crippen molar-refractivity contribution in [3.05, 3.63) is 18.0 Å². The van der Waals surface area contributed by atoms with Crippen molar-refractivity contribution in [1.82, 2.24) is 15.3 Å². The first-order chi connectivity index (χ1) is 12.7. The molecule has 0 radical (unpaired) electrons. The van der Waals surface area contributed by atoms with Crippen molar-refractivity contribution in [2.24, 2.45) is 17.8 Å². The van der Waals surface area contributed by atoms with Crippen molar-refractivity contribution in [3.63, 3.8) is 0 Å². The lowest BCUT2D eigenvalue weighted by Gasteiger charge is -2.30. The summed E-state index contributed by atoms with van der Waals surface area (Å²) < 4.78 is 6.48. The Labute approximate surface area is 154 Å². The number of ether oxygens (including phenoxy) is 1. The molecule has 6 nitrogen and oxygen atoms in total. The van der Waals surface area contributed by atoms with Crippen molar-refractivity contribution in [1.29, 1.82) is 0 Å². The predicted molar refractivity (Wildman–Crippen MR) is 97.8 cm³/mol. The van der Waals surface area contributed by atoms with Crippen LogP contribution in [0.1, 0.15) is 44.6 Å². The number of nitrogens with one attached hydrogen (secondary N) is 1. The SMILES string of the molecule is CCc1cnc(N2C[C@@H]3[C@H](CNC(=O)C4CCC4)[C@H]4CC[C@]3(C2)O4)nc1. The van der Waals surface area contributed by atoms with Crippen LogP contribution in [-0.2, 0) is 16.0 Å². The van der Waals surface area contributed by atoms with Crippen LogP contribution >= 0.6 is 0 Å². The molecule has 3 aliphatic heterocycles. The molecule has 4 atom stereocenters. The molecule has 1 aliphatic carbocycles. The average molecular weight is 356 g/mol. The Bertz CT molecular complexity index is 690. The van der Waals surface area contributed by atoms with E-state index in [4.69, 9.17) is 4.74 Å². The molecule has 4 aliphatic rings. The third kappa shape index (κ3) is 2.53. The Balaban J connectivity index is 1.28. The van der Waals surface area contributed by atoms with E-state index in [2.05, 4.69) is 27.1 Å². The second-order valence-corrected chi connectivity index (χ2v) is 8.53. The molecule has 1 spiro atoms. The molecule has 0 aromatic carbocycles. The normalized spacial score (nSPS) is 35.4. The van der Waals surface area contributed by atoms with Crippen molar-refractivity contribution in [2.75, 3.05) is 24.5 Å². The van der Waals surface area contributed by atoms with Gasteiger partial charge in [0.15, 0.2) is 0 Å². The number of aryl methyl sites for hydroxylation is 1. The molecule has 1 saturated carbocycles. The summed E-state index contributed by atoms with van der Waals surface area (Å²) in [5, 5.41) is 3.22. The summed E-state index contributed by atoms with van der Waals surface area (Å²) in [6.07, 6.45) is 10.7. The molecular formula is C20H28N4O2. The number of amides is 1. The molecule has 1 aromatic heterocycles. The van der Waals surface area contributed by atoms with E-state index in [1.54, 1.807) is 0 Å². The van der Waals surface area contributed by atoms with Gasteiger partial charge in [0.1, 0.15) is 0 Å². The zero-order valence-electron chi connectivity index (χ0n) is 15.5. The largest absolute Gasteiger partial charge is 0.369 e. The molecule has 6 heteroatoms. The second kappa shape index (κ2) is 6.19. The minimum Gasteiger partial charge on any atom is -0.369 e. The molecule has 0 unspecified atom stereocenters. The standard InChI is InChI=1S/C20H28N4O2/c1-2-13-8-22-19(23-9-13)24-11-16-15(10-21-18(25)14-4-3-5-14)17-6-7-20(16,12-24)26-17/h8-9,14-17H,2-7,10-12H2,1H3,(H,21,25)/t15-,16+,17+,20+/m0/s1. The van der Waals surface area contributed by atoms with E-state index in [9.17, 15) is 4.79 Å². The Hall–Kier alpha value is -1.69. The molecule has 3 saturated heterocycles. The molecule has 1 N–H and O–H groups in total. The fraction of sp³-hybridized carbons (Fsp3) is 0.750. The van der Waals surface area contributed by atoms with E-state index in [1.165, 1.54) is 12.0 Å². The maximum Gasteiger partial charge on any atom is 0.225 e. The van der Waals surface area contributed by atoms with Crippen LogP contribution in [0.2, 0.25) is 0 Å². The molecule has 5 rings (SSSR count). The maximum absolute atomic E-state index is 12.2. The number of fused-ring (bicyclic) bond motifs is 1. The summed E-state index contributed by atoms with van der Waals surface area (Å²) in [5.74, 6) is 2.22. The third-order valence-electron chi connectivity index (χ3n) is 7.15. The van der Waals surface area contributed by atoms with Gasteiger partial charge < -0.3 is 15.0 Å². The monoisotopic (exact) mass is 356 g/mol. The highest BCUT2D eigenvalue weighted by molar-refractivity contribution is 5.79. The van der Waals surface area contributed by atoms with E-state index < -0.39 is 0 Å². The molecule has 1 amide bonds. The van der Waals surface area contributed by atoms with Gasteiger partial charge in [-0.3, -0.25) is 4.79 Å². The summed E-state index contributed by atoms with van der Waals surface area (Å²) >= 11 is 0. The van der Waals surface area contributed by atoms with E-state index >= 15 is 0 Å². The molecule has 4 heterocycles. The van der Waals surface area contributed by atoms with Gasteiger partial charge in [-0.2, -0.15) is 0 Å². The van der Waals surface area contributed by atoms with Crippen LogP contribution in [0.4, 0.5) is 5.95 Å². The zero-order chi connectivity index (χ0) is 17.7. The lowest BCUT2D eigenvalue weighted by molar-refractivity contribution is -0.127. The van der Waals surface area contributed by atoms with Crippen molar-refractivity contribution < 1.29 is 9.53 Å². The lowest BCUT2D eigenvalue weighted by Crippen LogP contribution is -2.44. The van der Waals surface area contributed by atoms with E-state index in [1.807, 2.05) is 12.4 Å². The van der Waals surface area contributed by atoms with Gasteiger partial charge in [0.2, 0.25) is 11.9 Å². The predicted octanol–water partition coefficient (Wildman–Crippen LogP) is 1.94. The third-order valence-corrected chi connectivity index (χ3v) is 7.15. The highest BCUT2D eigenvalue weighted by Gasteiger charge is 2.63. The van der Waals surface area contributed by atoms with Gasteiger partial charge in [0.05, 0.1) is 18.2 Å². The zero-order valence-corrected chi connectivity index (χ0v) is 15.5. The number of carbonyl (C=O) groups is 1. The van der Waals surface area contributed by atoms with Gasteiger partial charge in [-0.15, -0.1) is 0 Å². The fourth-order valence-electron chi connectivity index (χ4n) is 5.34. The van der Waals surface area contributed by atoms with Crippen molar-refractivity contribution in [3.8, 4) is 0 Å². The first-order valence-electron chi connectivity index (χ1n) is 10.2. The van der Waals surface area contributed by atoms with Gasteiger partial charge >= 0.3 is 0 Å². The summed E-state index contributed by atoms with van der Waals surface area (Å²) in [5.41, 5.74) is 1.11. The van der Waals surface area contributed by atoms with Crippen LogP contribution in [0.15, 0.2) is 12.4 Å². The molecule has 140 valence electrons. The number of nitrogens with zero attached hydrogens (tertiary/aromatic N) is 3. The maximum atomic E-state index is 12.2. The summed E-state index contributed by atoms with van der Waals surface area (Å²) in [6.45, 7) is 4.70. The quantitative estimate of drug-likeness (QED) is 0.873. The summed E-state index contributed by atoms with van der Waals surface area (Å²) in [6, 6.07) is 0. The Morgan fingerprint density at radius 2 is 2.15 bits per heavy atom. The number of hydrogen-bond donors (Lipinski definition) is 1. The van der Waals surface area contributed by atoms with Crippen molar-refractivity contribution >= 4 is 11.9 Å². The van der Waals surface area contributed by atoms with E-state index in [0.717, 1.165) is 57.7 Å². The van der Waals surface area contributed by atoms with E-state index in [-0.39, 0.29) is 17.4 Å². The van der Waals surface area contributed by atoms with Gasteiger partial charge in [-0.05, 0) is 37.7 Å². The second-order valence-electron chi connectivity index (χ2n) is 8.53. The first-order valence-corrected chi connectivity index (χ1v) is 10.2. The van der Waals surface area contributed by atoms with Crippen LogP contribution in [0, 0.1) is 17.8 Å². The number of aromatic nitrogens is 2. The summed E-state index contributed by atoms with van der Waals surface area (Å²) in [4.78, 5) is 23.7. The number of anilines is 1. The van der Waals surface area contributed by atoms with Crippen LogP contribution in [0.3, 0.4) is 0 Å². The van der Waals surface area contributed by atoms with Crippen molar-refractivity contribution in [2.45, 2.75) is 57.2 Å². The highest BCUT2D eigenvalue weighted by atomic mass is 16.5. The average Bonchev–Trinajstić information content (AvgIpc) is 3.27. The number of hydrogen-bond acceptors (Lipinski definition) is 5. The van der Waals surface area contributed by atoms with Gasteiger partial charge in [0, 0.05) is 43.2 Å². The number of rotatable bonds is 5. The van der Waals surface area contributed by atoms with Gasteiger partial charge in [0.25, 0.3) is 0 Å². The number of carbonyl (C=O) groups excluding carboxylic acids is 1. The van der Waals surface area contributed by atoms with E-state index in [0.29, 0.717) is 17.9 Å². The smallest absolute Gasteiger partial charge is 0.225 e. The summed E-state index contributed by atoms with van der Waals surface area (Å²) in [7, 11) is 0. The van der Waals surface area contributed by atoms with Gasteiger partial charge in [-0.1, -0.05) is 13.3 Å². The minimum atomic E-state index is -0.0523. The topological polar surface area (TPSA) is 67.4 Å². The van der Waals surface area contributed by atoms with Crippen LogP contribution in [0.5, 0.6) is 0 Å². The minimum absolute atomic E-state index is 0.0523.